The molecule has 1 heterocycles. The minimum Gasteiger partial charge on any atom is -0.341 e. The Labute approximate surface area is 109 Å². The van der Waals surface area contributed by atoms with Crippen LogP contribution in [-0.2, 0) is 11.2 Å². The third kappa shape index (κ3) is 3.57. The monoisotopic (exact) mass is 246 g/mol. The van der Waals surface area contributed by atoms with Crippen LogP contribution in [0.25, 0.3) is 0 Å². The van der Waals surface area contributed by atoms with Gasteiger partial charge in [0.05, 0.1) is 6.04 Å². The molecule has 1 saturated heterocycles. The van der Waals surface area contributed by atoms with Crippen LogP contribution in [0, 0.1) is 0 Å². The predicted molar refractivity (Wildman–Crippen MR) is 73.2 cm³/mol. The van der Waals surface area contributed by atoms with Gasteiger partial charge in [0.1, 0.15) is 0 Å². The first-order valence-electron chi connectivity index (χ1n) is 6.85. The van der Waals surface area contributed by atoms with Gasteiger partial charge in [0.15, 0.2) is 0 Å². The number of amides is 1. The number of nitrogens with zero attached hydrogens (tertiary/aromatic N) is 1. The molecule has 98 valence electrons. The Hall–Kier alpha value is -1.35. The maximum atomic E-state index is 12.1. The second-order valence-corrected chi connectivity index (χ2v) is 5.02. The van der Waals surface area contributed by atoms with Crippen LogP contribution in [0.5, 0.6) is 0 Å². The zero-order valence-corrected chi connectivity index (χ0v) is 10.8. The molecule has 1 aromatic carbocycles. The number of carbonyl (C=O) groups excluding carboxylic acids is 1. The molecule has 1 aromatic rings. The van der Waals surface area contributed by atoms with E-state index >= 15 is 0 Å². The first-order valence-corrected chi connectivity index (χ1v) is 6.85. The molecule has 0 spiro atoms. The van der Waals surface area contributed by atoms with Crippen molar-refractivity contribution in [3.8, 4) is 0 Å². The second kappa shape index (κ2) is 6.55. The van der Waals surface area contributed by atoms with Crippen molar-refractivity contribution in [2.24, 2.45) is 5.73 Å². The quantitative estimate of drug-likeness (QED) is 0.882. The number of piperidine rings is 1. The van der Waals surface area contributed by atoms with Crippen molar-refractivity contribution in [1.29, 1.82) is 0 Å². The fraction of sp³-hybridized carbons (Fsp3) is 0.533. The number of hydrogen-bond acceptors (Lipinski definition) is 2. The summed E-state index contributed by atoms with van der Waals surface area (Å²) in [5.41, 5.74) is 7.25. The summed E-state index contributed by atoms with van der Waals surface area (Å²) < 4.78 is 0. The summed E-state index contributed by atoms with van der Waals surface area (Å²) in [5.74, 6) is 0.130. The molecule has 2 rings (SSSR count). The standard InChI is InChI=1S/C15H22N2O/c16-14(10-9-13-7-3-1-4-8-13)15(18)17-11-5-2-6-12-17/h1,3-4,7-8,14H,2,5-6,9-12,16H2/t14-/m0/s1. The lowest BCUT2D eigenvalue weighted by molar-refractivity contribution is -0.133. The van der Waals surface area contributed by atoms with Gasteiger partial charge < -0.3 is 10.6 Å². The van der Waals surface area contributed by atoms with Crippen LogP contribution in [-0.4, -0.2) is 29.9 Å². The summed E-state index contributed by atoms with van der Waals surface area (Å²) in [6, 6.07) is 9.86. The molecule has 1 aliphatic rings. The highest BCUT2D eigenvalue weighted by molar-refractivity contribution is 5.81. The molecular formula is C15H22N2O. The van der Waals surface area contributed by atoms with Crippen molar-refractivity contribution in [2.75, 3.05) is 13.1 Å². The highest BCUT2D eigenvalue weighted by atomic mass is 16.2. The van der Waals surface area contributed by atoms with Crippen LogP contribution in [0.4, 0.5) is 0 Å². The number of benzene rings is 1. The third-order valence-corrected chi connectivity index (χ3v) is 3.57. The molecule has 1 fully saturated rings. The molecule has 18 heavy (non-hydrogen) atoms. The lowest BCUT2D eigenvalue weighted by Gasteiger charge is -2.29. The SMILES string of the molecule is N[C@@H](CCc1ccccc1)C(=O)N1CCCCC1. The van der Waals surface area contributed by atoms with Gasteiger partial charge in [-0.1, -0.05) is 30.3 Å². The maximum absolute atomic E-state index is 12.1. The van der Waals surface area contributed by atoms with Gasteiger partial charge in [0, 0.05) is 13.1 Å². The van der Waals surface area contributed by atoms with E-state index in [1.165, 1.54) is 12.0 Å². The van der Waals surface area contributed by atoms with E-state index in [0.29, 0.717) is 0 Å². The Morgan fingerprint density at radius 2 is 1.83 bits per heavy atom. The largest absolute Gasteiger partial charge is 0.341 e. The van der Waals surface area contributed by atoms with Crippen molar-refractivity contribution in [2.45, 2.75) is 38.1 Å². The van der Waals surface area contributed by atoms with Gasteiger partial charge in [0.25, 0.3) is 0 Å². The second-order valence-electron chi connectivity index (χ2n) is 5.02. The highest BCUT2D eigenvalue weighted by Crippen LogP contribution is 2.11. The predicted octanol–water partition coefficient (Wildman–Crippen LogP) is 1.96. The van der Waals surface area contributed by atoms with E-state index in [4.69, 9.17) is 5.73 Å². The molecule has 0 saturated carbocycles. The Bertz CT molecular complexity index is 371. The summed E-state index contributed by atoms with van der Waals surface area (Å²) in [7, 11) is 0. The van der Waals surface area contributed by atoms with Gasteiger partial charge in [-0.15, -0.1) is 0 Å². The number of rotatable bonds is 4. The number of hydrogen-bond donors (Lipinski definition) is 1. The van der Waals surface area contributed by atoms with E-state index in [9.17, 15) is 4.79 Å². The first kappa shape index (κ1) is 13.1. The minimum atomic E-state index is -0.344. The summed E-state index contributed by atoms with van der Waals surface area (Å²) in [5, 5.41) is 0. The fourth-order valence-electron chi connectivity index (χ4n) is 2.44. The van der Waals surface area contributed by atoms with E-state index in [1.54, 1.807) is 0 Å². The van der Waals surface area contributed by atoms with Crippen LogP contribution in [0.1, 0.15) is 31.2 Å². The Balaban J connectivity index is 1.80. The van der Waals surface area contributed by atoms with Crippen molar-refractivity contribution in [3.05, 3.63) is 35.9 Å². The van der Waals surface area contributed by atoms with E-state index in [-0.39, 0.29) is 11.9 Å². The van der Waals surface area contributed by atoms with Gasteiger partial charge in [-0.25, -0.2) is 0 Å². The minimum absolute atomic E-state index is 0.130. The van der Waals surface area contributed by atoms with E-state index in [1.807, 2.05) is 23.1 Å². The van der Waals surface area contributed by atoms with Crippen molar-refractivity contribution < 1.29 is 4.79 Å². The molecule has 0 aromatic heterocycles. The van der Waals surface area contributed by atoms with E-state index in [2.05, 4.69) is 12.1 Å². The van der Waals surface area contributed by atoms with Gasteiger partial charge in [0.2, 0.25) is 5.91 Å². The smallest absolute Gasteiger partial charge is 0.239 e. The molecule has 2 N–H and O–H groups in total. The van der Waals surface area contributed by atoms with Crippen molar-refractivity contribution in [1.82, 2.24) is 4.90 Å². The number of nitrogens with two attached hydrogens (primary N) is 1. The number of likely N-dealkylation sites (tertiary alicyclic amines) is 1. The van der Waals surface area contributed by atoms with Gasteiger partial charge in [-0.2, -0.15) is 0 Å². The molecule has 1 amide bonds. The van der Waals surface area contributed by atoms with Crippen molar-refractivity contribution >= 4 is 5.91 Å². The lowest BCUT2D eigenvalue weighted by atomic mass is 10.0. The molecule has 1 atom stereocenters. The van der Waals surface area contributed by atoms with Crippen LogP contribution in [0.3, 0.4) is 0 Å². The zero-order valence-electron chi connectivity index (χ0n) is 10.8. The number of aryl methyl sites for hydroxylation is 1. The average Bonchev–Trinajstić information content (AvgIpc) is 2.46. The van der Waals surface area contributed by atoms with Crippen molar-refractivity contribution in [3.63, 3.8) is 0 Å². The third-order valence-electron chi connectivity index (χ3n) is 3.57. The van der Waals surface area contributed by atoms with Crippen LogP contribution < -0.4 is 5.73 Å². The molecular weight excluding hydrogens is 224 g/mol. The molecule has 0 aliphatic carbocycles. The van der Waals surface area contributed by atoms with Gasteiger partial charge >= 0.3 is 0 Å². The molecule has 0 bridgehead atoms. The molecule has 1 aliphatic heterocycles. The topological polar surface area (TPSA) is 46.3 Å². The lowest BCUT2D eigenvalue weighted by Crippen LogP contribution is -2.46. The zero-order chi connectivity index (χ0) is 12.8. The molecule has 0 radical (unpaired) electrons. The normalized spacial score (nSPS) is 17.5. The van der Waals surface area contributed by atoms with Gasteiger partial charge in [-0.3, -0.25) is 4.79 Å². The number of carbonyl (C=O) groups is 1. The summed E-state index contributed by atoms with van der Waals surface area (Å²) in [6.45, 7) is 1.77. The van der Waals surface area contributed by atoms with Gasteiger partial charge in [-0.05, 0) is 37.7 Å². The Kier molecular flexibility index (Phi) is 4.76. The summed E-state index contributed by atoms with van der Waals surface area (Å²) in [4.78, 5) is 14.0. The molecule has 3 nitrogen and oxygen atoms in total. The summed E-state index contributed by atoms with van der Waals surface area (Å²) in [6.07, 6.45) is 5.10. The fourth-order valence-corrected chi connectivity index (χ4v) is 2.44. The molecule has 3 heteroatoms. The molecule has 0 unspecified atom stereocenters. The Morgan fingerprint density at radius 1 is 1.17 bits per heavy atom. The van der Waals surface area contributed by atoms with Crippen LogP contribution in [0.15, 0.2) is 30.3 Å². The van der Waals surface area contributed by atoms with E-state index in [0.717, 1.165) is 38.8 Å². The summed E-state index contributed by atoms with van der Waals surface area (Å²) >= 11 is 0. The van der Waals surface area contributed by atoms with E-state index < -0.39 is 0 Å². The first-order chi connectivity index (χ1) is 8.77. The maximum Gasteiger partial charge on any atom is 0.239 e. The highest BCUT2D eigenvalue weighted by Gasteiger charge is 2.22. The van der Waals surface area contributed by atoms with Crippen LogP contribution >= 0.6 is 0 Å². The average molecular weight is 246 g/mol. The Morgan fingerprint density at radius 3 is 2.50 bits per heavy atom. The van der Waals surface area contributed by atoms with Crippen LogP contribution in [0.2, 0.25) is 0 Å².